The molecule has 1 fully saturated rings. The minimum absolute atomic E-state index is 0.129. The van der Waals surface area contributed by atoms with Gasteiger partial charge in [-0.25, -0.2) is 4.79 Å². The minimum atomic E-state index is -0.610. The summed E-state index contributed by atoms with van der Waals surface area (Å²) in [5, 5.41) is 0.213. The van der Waals surface area contributed by atoms with E-state index in [0.717, 1.165) is 4.90 Å². The molecule has 1 heterocycles. The molecule has 1 aliphatic rings. The first-order chi connectivity index (χ1) is 8.54. The second-order valence-corrected chi connectivity index (χ2v) is 4.19. The number of esters is 1. The van der Waals surface area contributed by atoms with Gasteiger partial charge in [0, 0.05) is 12.8 Å². The molecule has 1 saturated heterocycles. The van der Waals surface area contributed by atoms with E-state index in [-0.39, 0.29) is 35.2 Å². The lowest BCUT2D eigenvalue weighted by Crippen LogP contribution is -2.28. The maximum absolute atomic E-state index is 11.6. The molecule has 5 nitrogen and oxygen atoms in total. The van der Waals surface area contributed by atoms with Gasteiger partial charge in [0.2, 0.25) is 11.8 Å². The predicted octanol–water partition coefficient (Wildman–Crippen LogP) is 1.78. The zero-order valence-corrected chi connectivity index (χ0v) is 10.4. The maximum Gasteiger partial charge on any atom is 0.339 e. The number of rotatable bonds is 2. The molecule has 18 heavy (non-hydrogen) atoms. The van der Waals surface area contributed by atoms with Crippen LogP contribution in [0.2, 0.25) is 5.02 Å². The standard InChI is InChI=1S/C12H10ClNO4/c1-18-12(17)8-6-7(2-3-9(8)13)14-10(15)4-5-11(14)16/h2-3,6H,4-5H2,1H3. The fraction of sp³-hybridized carbons (Fsp3) is 0.250. The molecule has 94 valence electrons. The average Bonchev–Trinajstić information content (AvgIpc) is 2.69. The van der Waals surface area contributed by atoms with Gasteiger partial charge in [0.25, 0.3) is 0 Å². The quantitative estimate of drug-likeness (QED) is 0.605. The van der Waals surface area contributed by atoms with Crippen molar-refractivity contribution in [2.75, 3.05) is 12.0 Å². The van der Waals surface area contributed by atoms with Crippen molar-refractivity contribution < 1.29 is 19.1 Å². The number of amides is 2. The molecule has 0 saturated carbocycles. The van der Waals surface area contributed by atoms with Gasteiger partial charge in [-0.05, 0) is 18.2 Å². The SMILES string of the molecule is COC(=O)c1cc(N2C(=O)CCC2=O)ccc1Cl. The molecule has 0 N–H and O–H groups in total. The number of ether oxygens (including phenoxy) is 1. The molecule has 1 aliphatic heterocycles. The number of halogens is 1. The van der Waals surface area contributed by atoms with Gasteiger partial charge in [0.1, 0.15) is 0 Å². The minimum Gasteiger partial charge on any atom is -0.465 e. The van der Waals surface area contributed by atoms with Crippen molar-refractivity contribution in [3.8, 4) is 0 Å². The summed E-state index contributed by atoms with van der Waals surface area (Å²) in [7, 11) is 1.23. The van der Waals surface area contributed by atoms with E-state index < -0.39 is 5.97 Å². The molecule has 1 aromatic rings. The zero-order chi connectivity index (χ0) is 13.3. The van der Waals surface area contributed by atoms with Crippen molar-refractivity contribution in [2.24, 2.45) is 0 Å². The molecular weight excluding hydrogens is 258 g/mol. The molecule has 0 aliphatic carbocycles. The van der Waals surface area contributed by atoms with Gasteiger partial charge in [0.15, 0.2) is 0 Å². The highest BCUT2D eigenvalue weighted by molar-refractivity contribution is 6.34. The maximum atomic E-state index is 11.6. The number of nitrogens with zero attached hydrogens (tertiary/aromatic N) is 1. The number of hydrogen-bond acceptors (Lipinski definition) is 4. The van der Waals surface area contributed by atoms with E-state index in [1.807, 2.05) is 0 Å². The van der Waals surface area contributed by atoms with Gasteiger partial charge in [-0.15, -0.1) is 0 Å². The Bertz CT molecular complexity index is 525. The van der Waals surface area contributed by atoms with Crippen LogP contribution in [0.4, 0.5) is 5.69 Å². The molecule has 0 bridgehead atoms. The van der Waals surface area contributed by atoms with E-state index >= 15 is 0 Å². The first-order valence-electron chi connectivity index (χ1n) is 5.28. The van der Waals surface area contributed by atoms with Gasteiger partial charge < -0.3 is 4.74 Å². The fourth-order valence-electron chi connectivity index (χ4n) is 1.78. The summed E-state index contributed by atoms with van der Waals surface area (Å²) in [5.74, 6) is -1.17. The van der Waals surface area contributed by atoms with Gasteiger partial charge in [0.05, 0.1) is 23.4 Å². The van der Waals surface area contributed by atoms with Crippen molar-refractivity contribution in [2.45, 2.75) is 12.8 Å². The second-order valence-electron chi connectivity index (χ2n) is 3.78. The Hall–Kier alpha value is -1.88. The largest absolute Gasteiger partial charge is 0.465 e. The topological polar surface area (TPSA) is 63.7 Å². The van der Waals surface area contributed by atoms with Gasteiger partial charge in [-0.1, -0.05) is 11.6 Å². The van der Waals surface area contributed by atoms with Crippen LogP contribution in [-0.4, -0.2) is 24.9 Å². The predicted molar refractivity (Wildman–Crippen MR) is 64.5 cm³/mol. The van der Waals surface area contributed by atoms with Crippen LogP contribution >= 0.6 is 11.6 Å². The van der Waals surface area contributed by atoms with Crippen LogP contribution in [0.15, 0.2) is 18.2 Å². The van der Waals surface area contributed by atoms with Crippen molar-refractivity contribution in [3.05, 3.63) is 28.8 Å². The Morgan fingerprint density at radius 3 is 2.44 bits per heavy atom. The zero-order valence-electron chi connectivity index (χ0n) is 9.60. The highest BCUT2D eigenvalue weighted by Gasteiger charge is 2.31. The van der Waals surface area contributed by atoms with Crippen molar-refractivity contribution in [3.63, 3.8) is 0 Å². The highest BCUT2D eigenvalue weighted by Crippen LogP contribution is 2.27. The van der Waals surface area contributed by atoms with Crippen LogP contribution < -0.4 is 4.90 Å². The first kappa shape index (κ1) is 12.6. The Morgan fingerprint density at radius 2 is 1.89 bits per heavy atom. The summed E-state index contributed by atoms with van der Waals surface area (Å²) >= 11 is 5.86. The average molecular weight is 268 g/mol. The summed E-state index contributed by atoms with van der Waals surface area (Å²) in [4.78, 5) is 35.7. The number of benzene rings is 1. The van der Waals surface area contributed by atoms with Crippen LogP contribution in [0.3, 0.4) is 0 Å². The molecule has 2 rings (SSSR count). The third kappa shape index (κ3) is 2.09. The van der Waals surface area contributed by atoms with E-state index in [1.54, 1.807) is 0 Å². The molecular formula is C12H10ClNO4. The molecule has 0 atom stereocenters. The van der Waals surface area contributed by atoms with Crippen molar-refractivity contribution >= 4 is 35.1 Å². The van der Waals surface area contributed by atoms with Crippen LogP contribution in [0, 0.1) is 0 Å². The normalized spacial score (nSPS) is 15.1. The van der Waals surface area contributed by atoms with Crippen LogP contribution in [0.5, 0.6) is 0 Å². The fourth-order valence-corrected chi connectivity index (χ4v) is 1.98. The van der Waals surface area contributed by atoms with E-state index in [1.165, 1.54) is 25.3 Å². The number of hydrogen-bond donors (Lipinski definition) is 0. The summed E-state index contributed by atoms with van der Waals surface area (Å²) in [6, 6.07) is 4.37. The van der Waals surface area contributed by atoms with Crippen LogP contribution in [0.25, 0.3) is 0 Å². The van der Waals surface area contributed by atoms with E-state index in [9.17, 15) is 14.4 Å². The number of carbonyl (C=O) groups is 3. The number of imide groups is 1. The molecule has 0 aromatic heterocycles. The summed E-state index contributed by atoms with van der Waals surface area (Å²) in [6.45, 7) is 0. The molecule has 6 heteroatoms. The van der Waals surface area contributed by atoms with Crippen molar-refractivity contribution in [1.29, 1.82) is 0 Å². The summed E-state index contributed by atoms with van der Waals surface area (Å²) in [5.41, 5.74) is 0.469. The lowest BCUT2D eigenvalue weighted by Gasteiger charge is -2.15. The van der Waals surface area contributed by atoms with E-state index in [0.29, 0.717) is 5.69 Å². The van der Waals surface area contributed by atoms with E-state index in [2.05, 4.69) is 4.74 Å². The Labute approximate surface area is 108 Å². The number of anilines is 1. The number of carbonyl (C=O) groups excluding carboxylic acids is 3. The molecule has 2 amide bonds. The van der Waals surface area contributed by atoms with E-state index in [4.69, 9.17) is 11.6 Å². The van der Waals surface area contributed by atoms with Crippen molar-refractivity contribution in [1.82, 2.24) is 0 Å². The Kier molecular flexibility index (Phi) is 3.34. The van der Waals surface area contributed by atoms with Crippen LogP contribution in [-0.2, 0) is 14.3 Å². The third-order valence-corrected chi connectivity index (χ3v) is 2.99. The smallest absolute Gasteiger partial charge is 0.339 e. The lowest BCUT2D eigenvalue weighted by atomic mass is 10.2. The Morgan fingerprint density at radius 1 is 1.28 bits per heavy atom. The molecule has 0 radical (unpaired) electrons. The first-order valence-corrected chi connectivity index (χ1v) is 5.66. The highest BCUT2D eigenvalue weighted by atomic mass is 35.5. The Balaban J connectivity index is 2.44. The van der Waals surface area contributed by atoms with Gasteiger partial charge in [-0.2, -0.15) is 0 Å². The molecule has 0 spiro atoms. The third-order valence-electron chi connectivity index (χ3n) is 2.66. The molecule has 0 unspecified atom stereocenters. The molecule has 1 aromatic carbocycles. The van der Waals surface area contributed by atoms with Crippen LogP contribution in [0.1, 0.15) is 23.2 Å². The van der Waals surface area contributed by atoms with Gasteiger partial charge >= 0.3 is 5.97 Å². The monoisotopic (exact) mass is 267 g/mol. The second kappa shape index (κ2) is 4.78. The number of methoxy groups -OCH3 is 1. The summed E-state index contributed by atoms with van der Waals surface area (Å²) < 4.78 is 4.58. The van der Waals surface area contributed by atoms with Gasteiger partial charge in [-0.3, -0.25) is 14.5 Å². The summed E-state index contributed by atoms with van der Waals surface area (Å²) in [6.07, 6.45) is 0.379. The lowest BCUT2D eigenvalue weighted by molar-refractivity contribution is -0.121.